The maximum Gasteiger partial charge on any atom is 0.264 e. The third-order valence-corrected chi connectivity index (χ3v) is 8.56. The van der Waals surface area contributed by atoms with Crippen LogP contribution in [0, 0.1) is 5.92 Å². The lowest BCUT2D eigenvalue weighted by molar-refractivity contribution is -0.132. The molecule has 222 valence electrons. The summed E-state index contributed by atoms with van der Waals surface area (Å²) in [6.45, 7) is 2.06. The molecule has 0 spiro atoms. The molecule has 0 heterocycles. The maximum atomic E-state index is 13.9. The summed E-state index contributed by atoms with van der Waals surface area (Å²) >= 11 is 0. The van der Waals surface area contributed by atoms with Crippen LogP contribution in [0.4, 0.5) is 11.4 Å². The molecular weight excluding hydrogens is 574 g/mol. The van der Waals surface area contributed by atoms with Crippen LogP contribution in [0.3, 0.4) is 0 Å². The van der Waals surface area contributed by atoms with E-state index in [1.54, 1.807) is 97.9 Å². The number of sulfonamides is 1. The predicted molar refractivity (Wildman–Crippen MR) is 172 cm³/mol. The second kappa shape index (κ2) is 13.4. The largest absolute Gasteiger partial charge is 0.322 e. The molecule has 0 bridgehead atoms. The van der Waals surface area contributed by atoms with Gasteiger partial charge < -0.3 is 10.2 Å². The third kappa shape index (κ3) is 7.02. The van der Waals surface area contributed by atoms with Gasteiger partial charge >= 0.3 is 0 Å². The van der Waals surface area contributed by atoms with Gasteiger partial charge in [-0.3, -0.25) is 14.4 Å². The molecule has 0 aliphatic carbocycles. The second-order valence-electron chi connectivity index (χ2n) is 10.2. The van der Waals surface area contributed by atoms with Crippen LogP contribution in [0.25, 0.3) is 10.8 Å². The van der Waals surface area contributed by atoms with Gasteiger partial charge in [0.25, 0.3) is 15.9 Å². The Hall–Kier alpha value is -5.28. The van der Waals surface area contributed by atoms with Crippen LogP contribution in [0.2, 0.25) is 0 Å². The lowest BCUT2D eigenvalue weighted by Gasteiger charge is -2.26. The highest BCUT2D eigenvalue weighted by molar-refractivity contribution is 7.90. The van der Waals surface area contributed by atoms with Gasteiger partial charge in [-0.2, -0.15) is 0 Å². The van der Waals surface area contributed by atoms with E-state index in [0.29, 0.717) is 27.9 Å². The summed E-state index contributed by atoms with van der Waals surface area (Å²) in [6, 6.07) is 36.3. The number of nitrogens with zero attached hydrogens (tertiary/aromatic N) is 1. The zero-order valence-corrected chi connectivity index (χ0v) is 24.8. The maximum absolute atomic E-state index is 13.9. The van der Waals surface area contributed by atoms with Crippen molar-refractivity contribution in [2.24, 2.45) is 5.92 Å². The molecule has 44 heavy (non-hydrogen) atoms. The average Bonchev–Trinajstić information content (AvgIpc) is 3.05. The Labute approximate surface area is 256 Å². The van der Waals surface area contributed by atoms with Crippen molar-refractivity contribution in [1.29, 1.82) is 0 Å². The SMILES string of the molecule is CCN(C(=O)C(Cc1ccc(NC(=O)c2ccccc2)cc1)C(=O)NS(=O)(=O)c1ccc2ccccc2c1)c1ccccc1. The van der Waals surface area contributed by atoms with Gasteiger partial charge in [0.15, 0.2) is 0 Å². The molecule has 0 saturated heterocycles. The van der Waals surface area contributed by atoms with E-state index in [2.05, 4.69) is 10.0 Å². The zero-order valence-electron chi connectivity index (χ0n) is 24.0. The van der Waals surface area contributed by atoms with Gasteiger partial charge in [-0.25, -0.2) is 13.1 Å². The minimum Gasteiger partial charge on any atom is -0.322 e. The van der Waals surface area contributed by atoms with Crippen molar-refractivity contribution in [3.63, 3.8) is 0 Å². The van der Waals surface area contributed by atoms with Gasteiger partial charge in [-0.05, 0) is 78.2 Å². The Bertz CT molecular complexity index is 1890. The summed E-state index contributed by atoms with van der Waals surface area (Å²) < 4.78 is 28.8. The highest BCUT2D eigenvalue weighted by Crippen LogP contribution is 2.23. The number of nitrogens with one attached hydrogen (secondary N) is 2. The van der Waals surface area contributed by atoms with Crippen LogP contribution in [0.1, 0.15) is 22.8 Å². The number of rotatable bonds is 10. The molecule has 5 aromatic carbocycles. The molecular formula is C35H31N3O5S. The van der Waals surface area contributed by atoms with Crippen molar-refractivity contribution >= 4 is 49.9 Å². The second-order valence-corrected chi connectivity index (χ2v) is 11.9. The molecule has 0 aliphatic rings. The number of carbonyl (C=O) groups excluding carboxylic acids is 3. The van der Waals surface area contributed by atoms with E-state index in [9.17, 15) is 22.8 Å². The van der Waals surface area contributed by atoms with Crippen molar-refractivity contribution < 1.29 is 22.8 Å². The van der Waals surface area contributed by atoms with Crippen LogP contribution in [-0.4, -0.2) is 32.7 Å². The summed E-state index contributed by atoms with van der Waals surface area (Å²) in [5.74, 6) is -3.09. The molecule has 5 rings (SSSR count). The molecule has 3 amide bonds. The summed E-state index contributed by atoms with van der Waals surface area (Å²) in [6.07, 6.45) is -0.0614. The smallest absolute Gasteiger partial charge is 0.264 e. The van der Waals surface area contributed by atoms with Gasteiger partial charge in [-0.15, -0.1) is 0 Å². The van der Waals surface area contributed by atoms with E-state index in [1.165, 1.54) is 17.0 Å². The zero-order chi connectivity index (χ0) is 31.1. The summed E-state index contributed by atoms with van der Waals surface area (Å²) in [4.78, 5) is 41.5. The Morgan fingerprint density at radius 3 is 2.00 bits per heavy atom. The molecule has 1 unspecified atom stereocenters. The molecule has 0 radical (unpaired) electrons. The van der Waals surface area contributed by atoms with Gasteiger partial charge in [0.05, 0.1) is 4.90 Å². The molecule has 0 aliphatic heterocycles. The average molecular weight is 606 g/mol. The van der Waals surface area contributed by atoms with Gasteiger partial charge in [0.1, 0.15) is 5.92 Å². The Balaban J connectivity index is 1.40. The van der Waals surface area contributed by atoms with Crippen molar-refractivity contribution in [1.82, 2.24) is 4.72 Å². The summed E-state index contributed by atoms with van der Waals surface area (Å²) in [5.41, 5.74) is 2.25. The van der Waals surface area contributed by atoms with Crippen LogP contribution < -0.4 is 14.9 Å². The number of benzene rings is 5. The number of hydrogen-bond acceptors (Lipinski definition) is 5. The Morgan fingerprint density at radius 2 is 1.34 bits per heavy atom. The molecule has 2 N–H and O–H groups in total. The normalized spacial score (nSPS) is 11.8. The first kappa shape index (κ1) is 30.2. The van der Waals surface area contributed by atoms with E-state index in [1.807, 2.05) is 24.3 Å². The van der Waals surface area contributed by atoms with Crippen molar-refractivity contribution in [3.8, 4) is 0 Å². The van der Waals surface area contributed by atoms with Gasteiger partial charge in [0, 0.05) is 23.5 Å². The van der Waals surface area contributed by atoms with Crippen molar-refractivity contribution in [2.45, 2.75) is 18.2 Å². The lowest BCUT2D eigenvalue weighted by atomic mass is 9.96. The molecule has 8 nitrogen and oxygen atoms in total. The number of carbonyl (C=O) groups is 3. The molecule has 9 heteroatoms. The monoisotopic (exact) mass is 605 g/mol. The Morgan fingerprint density at radius 1 is 0.727 bits per heavy atom. The number of fused-ring (bicyclic) bond motifs is 1. The first-order valence-corrected chi connectivity index (χ1v) is 15.6. The highest BCUT2D eigenvalue weighted by atomic mass is 32.2. The first-order chi connectivity index (χ1) is 21.2. The molecule has 0 fully saturated rings. The standard InChI is InChI=1S/C35H31N3O5S/c1-2-38(30-15-7-4-8-16-30)35(41)32(23-25-17-20-29(21-18-25)36-33(39)27-12-5-3-6-13-27)34(40)37-44(42,43)31-22-19-26-11-9-10-14-28(26)24-31/h3-22,24,32H,2,23H2,1H3,(H,36,39)(H,37,40). The van der Waals surface area contributed by atoms with E-state index in [4.69, 9.17) is 0 Å². The summed E-state index contributed by atoms with van der Waals surface area (Å²) in [5, 5.41) is 4.38. The third-order valence-electron chi connectivity index (χ3n) is 7.22. The fraction of sp³-hybridized carbons (Fsp3) is 0.114. The number of amides is 3. The van der Waals surface area contributed by atoms with Crippen LogP contribution in [-0.2, 0) is 26.0 Å². The quantitative estimate of drug-likeness (QED) is 0.195. The number of hydrogen-bond donors (Lipinski definition) is 2. The fourth-order valence-electron chi connectivity index (χ4n) is 4.90. The minimum absolute atomic E-state index is 0.0614. The van der Waals surface area contributed by atoms with Crippen LogP contribution in [0.5, 0.6) is 0 Å². The van der Waals surface area contributed by atoms with E-state index in [0.717, 1.165) is 5.39 Å². The lowest BCUT2D eigenvalue weighted by Crippen LogP contribution is -2.46. The molecule has 0 aromatic heterocycles. The van der Waals surface area contributed by atoms with E-state index < -0.39 is 27.8 Å². The molecule has 1 atom stereocenters. The van der Waals surface area contributed by atoms with Crippen LogP contribution >= 0.6 is 0 Å². The number of para-hydroxylation sites is 1. The fourth-order valence-corrected chi connectivity index (χ4v) is 5.96. The minimum atomic E-state index is -4.28. The Kier molecular flexibility index (Phi) is 9.16. The summed E-state index contributed by atoms with van der Waals surface area (Å²) in [7, 11) is -4.28. The highest BCUT2D eigenvalue weighted by Gasteiger charge is 2.34. The van der Waals surface area contributed by atoms with Crippen LogP contribution in [0.15, 0.2) is 132 Å². The number of anilines is 2. The van der Waals surface area contributed by atoms with Crippen molar-refractivity contribution in [3.05, 3.63) is 139 Å². The van der Waals surface area contributed by atoms with E-state index >= 15 is 0 Å². The molecule has 0 saturated carbocycles. The van der Waals surface area contributed by atoms with E-state index in [-0.39, 0.29) is 23.8 Å². The molecule has 5 aromatic rings. The van der Waals surface area contributed by atoms with Gasteiger partial charge in [0.2, 0.25) is 11.8 Å². The van der Waals surface area contributed by atoms with Crippen molar-refractivity contribution in [2.75, 3.05) is 16.8 Å². The van der Waals surface area contributed by atoms with Gasteiger partial charge in [-0.1, -0.05) is 78.9 Å². The topological polar surface area (TPSA) is 113 Å². The predicted octanol–water partition coefficient (Wildman–Crippen LogP) is 5.81. The first-order valence-electron chi connectivity index (χ1n) is 14.1.